The summed E-state index contributed by atoms with van der Waals surface area (Å²) in [5.41, 5.74) is 1.50. The summed E-state index contributed by atoms with van der Waals surface area (Å²) in [6.07, 6.45) is 0. The fourth-order valence-corrected chi connectivity index (χ4v) is 2.75. The number of benzene rings is 2. The van der Waals surface area contributed by atoms with Crippen LogP contribution in [0.1, 0.15) is 5.56 Å². The summed E-state index contributed by atoms with van der Waals surface area (Å²) in [4.78, 5) is 0. The third kappa shape index (κ3) is 2.39. The summed E-state index contributed by atoms with van der Waals surface area (Å²) in [5, 5.41) is 16.0. The second-order valence-corrected chi connectivity index (χ2v) is 5.22. The standard InChI is InChI=1S/C15H12FNOS/c16-13-3-1-2-11(15(13)18)9-17-12-4-5-14-10(8-12)6-7-19-14/h1-8,17-18H,9H2. The number of para-hydroxylation sites is 1. The molecule has 2 N–H and O–H groups in total. The predicted octanol–water partition coefficient (Wildman–Crippen LogP) is 4.36. The van der Waals surface area contributed by atoms with Crippen molar-refractivity contribution in [2.24, 2.45) is 0 Å². The third-order valence-corrected chi connectivity index (χ3v) is 3.90. The minimum absolute atomic E-state index is 0.286. The zero-order chi connectivity index (χ0) is 13.2. The Morgan fingerprint density at radius 2 is 2.05 bits per heavy atom. The molecule has 0 aliphatic heterocycles. The van der Waals surface area contributed by atoms with Crippen molar-refractivity contribution in [3.8, 4) is 5.75 Å². The summed E-state index contributed by atoms with van der Waals surface area (Å²) in [6.45, 7) is 0.388. The van der Waals surface area contributed by atoms with Gasteiger partial charge in [-0.2, -0.15) is 0 Å². The average Bonchev–Trinajstić information content (AvgIpc) is 2.88. The molecule has 0 saturated heterocycles. The molecule has 4 heteroatoms. The Labute approximate surface area is 114 Å². The van der Waals surface area contributed by atoms with Crippen LogP contribution in [-0.2, 0) is 6.54 Å². The van der Waals surface area contributed by atoms with Crippen LogP contribution in [0.15, 0.2) is 47.8 Å². The van der Waals surface area contributed by atoms with Gasteiger partial charge in [-0.3, -0.25) is 0 Å². The molecule has 0 fully saturated rings. The van der Waals surface area contributed by atoms with Crippen LogP contribution in [0.2, 0.25) is 0 Å². The molecule has 0 saturated carbocycles. The van der Waals surface area contributed by atoms with E-state index < -0.39 is 5.82 Å². The van der Waals surface area contributed by atoms with Crippen molar-refractivity contribution in [1.29, 1.82) is 0 Å². The quantitative estimate of drug-likeness (QED) is 0.743. The zero-order valence-electron chi connectivity index (χ0n) is 10.1. The average molecular weight is 273 g/mol. The number of hydrogen-bond donors (Lipinski definition) is 2. The van der Waals surface area contributed by atoms with Crippen molar-refractivity contribution in [3.05, 3.63) is 59.2 Å². The maximum absolute atomic E-state index is 13.2. The molecule has 1 heterocycles. The van der Waals surface area contributed by atoms with E-state index in [2.05, 4.69) is 11.4 Å². The lowest BCUT2D eigenvalue weighted by molar-refractivity contribution is 0.427. The van der Waals surface area contributed by atoms with Gasteiger partial charge in [-0.05, 0) is 41.1 Å². The van der Waals surface area contributed by atoms with E-state index in [9.17, 15) is 9.50 Å². The molecule has 0 aliphatic rings. The maximum Gasteiger partial charge on any atom is 0.165 e. The number of fused-ring (bicyclic) bond motifs is 1. The number of rotatable bonds is 3. The molecule has 1 aromatic heterocycles. The number of aromatic hydroxyl groups is 1. The third-order valence-electron chi connectivity index (χ3n) is 3.01. The molecular weight excluding hydrogens is 261 g/mol. The van der Waals surface area contributed by atoms with Gasteiger partial charge in [0.1, 0.15) is 0 Å². The Hall–Kier alpha value is -2.07. The first-order chi connectivity index (χ1) is 9.24. The molecular formula is C15H12FNOS. The Morgan fingerprint density at radius 1 is 1.16 bits per heavy atom. The highest BCUT2D eigenvalue weighted by atomic mass is 32.1. The minimum Gasteiger partial charge on any atom is -0.505 e. The number of phenols is 1. The van der Waals surface area contributed by atoms with Crippen LogP contribution in [0, 0.1) is 5.82 Å². The van der Waals surface area contributed by atoms with Gasteiger partial charge in [0.2, 0.25) is 0 Å². The molecule has 0 unspecified atom stereocenters. The topological polar surface area (TPSA) is 32.3 Å². The molecule has 2 nitrogen and oxygen atoms in total. The second kappa shape index (κ2) is 4.90. The highest BCUT2D eigenvalue weighted by molar-refractivity contribution is 7.17. The molecule has 96 valence electrons. The number of nitrogens with one attached hydrogen (secondary N) is 1. The Kier molecular flexibility index (Phi) is 3.09. The summed E-state index contributed by atoms with van der Waals surface area (Å²) in [6, 6.07) is 12.7. The lowest BCUT2D eigenvalue weighted by Gasteiger charge is -2.08. The fraction of sp³-hybridized carbons (Fsp3) is 0.0667. The summed E-state index contributed by atoms with van der Waals surface area (Å²) in [7, 11) is 0. The molecule has 0 amide bonds. The minimum atomic E-state index is -0.590. The molecule has 3 rings (SSSR count). The van der Waals surface area contributed by atoms with Crippen LogP contribution in [0.5, 0.6) is 5.75 Å². The van der Waals surface area contributed by atoms with Crippen molar-refractivity contribution in [1.82, 2.24) is 0 Å². The molecule has 0 spiro atoms. The molecule has 0 radical (unpaired) electrons. The zero-order valence-corrected chi connectivity index (χ0v) is 10.9. The van der Waals surface area contributed by atoms with Crippen molar-refractivity contribution in [2.45, 2.75) is 6.54 Å². The van der Waals surface area contributed by atoms with Crippen molar-refractivity contribution in [3.63, 3.8) is 0 Å². The van der Waals surface area contributed by atoms with Gasteiger partial charge in [0, 0.05) is 22.5 Å². The first kappa shape index (κ1) is 12.0. The lowest BCUT2D eigenvalue weighted by Crippen LogP contribution is -2.00. The molecule has 0 aliphatic carbocycles. The summed E-state index contributed by atoms with van der Waals surface area (Å²) < 4.78 is 14.4. The van der Waals surface area contributed by atoms with Gasteiger partial charge in [0.15, 0.2) is 11.6 Å². The van der Waals surface area contributed by atoms with Gasteiger partial charge >= 0.3 is 0 Å². The Morgan fingerprint density at radius 3 is 2.95 bits per heavy atom. The second-order valence-electron chi connectivity index (χ2n) is 4.27. The van der Waals surface area contributed by atoms with Gasteiger partial charge < -0.3 is 10.4 Å². The largest absolute Gasteiger partial charge is 0.505 e. The van der Waals surface area contributed by atoms with Crippen LogP contribution >= 0.6 is 11.3 Å². The molecule has 19 heavy (non-hydrogen) atoms. The summed E-state index contributed by atoms with van der Waals surface area (Å²) in [5.74, 6) is -0.876. The number of anilines is 1. The normalized spacial score (nSPS) is 10.8. The van der Waals surface area contributed by atoms with Crippen LogP contribution in [0.3, 0.4) is 0 Å². The van der Waals surface area contributed by atoms with E-state index in [1.165, 1.54) is 16.2 Å². The highest BCUT2D eigenvalue weighted by Crippen LogP contribution is 2.25. The first-order valence-electron chi connectivity index (χ1n) is 5.91. The number of halogens is 1. The Balaban J connectivity index is 1.80. The van der Waals surface area contributed by atoms with Crippen LogP contribution in [0.4, 0.5) is 10.1 Å². The van der Waals surface area contributed by atoms with Gasteiger partial charge in [-0.25, -0.2) is 4.39 Å². The van der Waals surface area contributed by atoms with Crippen LogP contribution in [-0.4, -0.2) is 5.11 Å². The molecule has 0 atom stereocenters. The van der Waals surface area contributed by atoms with E-state index >= 15 is 0 Å². The molecule has 3 aromatic rings. The predicted molar refractivity (Wildman–Crippen MR) is 77.2 cm³/mol. The lowest BCUT2D eigenvalue weighted by atomic mass is 10.2. The van der Waals surface area contributed by atoms with Crippen molar-refractivity contribution < 1.29 is 9.50 Å². The van der Waals surface area contributed by atoms with Gasteiger partial charge in [-0.1, -0.05) is 12.1 Å². The highest BCUT2D eigenvalue weighted by Gasteiger charge is 2.06. The fourth-order valence-electron chi connectivity index (χ4n) is 1.98. The van der Waals surface area contributed by atoms with Gasteiger partial charge in [-0.15, -0.1) is 11.3 Å². The summed E-state index contributed by atoms with van der Waals surface area (Å²) >= 11 is 1.70. The van der Waals surface area contributed by atoms with E-state index in [1.54, 1.807) is 23.5 Å². The smallest absolute Gasteiger partial charge is 0.165 e. The van der Waals surface area contributed by atoms with Crippen molar-refractivity contribution in [2.75, 3.05) is 5.32 Å². The van der Waals surface area contributed by atoms with Crippen LogP contribution in [0.25, 0.3) is 10.1 Å². The van der Waals surface area contributed by atoms with E-state index in [1.807, 2.05) is 23.6 Å². The number of thiophene rings is 1. The van der Waals surface area contributed by atoms with Crippen molar-refractivity contribution >= 4 is 27.1 Å². The van der Waals surface area contributed by atoms with E-state index in [0.29, 0.717) is 12.1 Å². The van der Waals surface area contributed by atoms with Gasteiger partial charge in [0.25, 0.3) is 0 Å². The maximum atomic E-state index is 13.2. The monoisotopic (exact) mass is 273 g/mol. The molecule has 2 aromatic carbocycles. The Bertz CT molecular complexity index is 723. The SMILES string of the molecule is Oc1c(F)cccc1CNc1ccc2sccc2c1. The van der Waals surface area contributed by atoms with E-state index in [-0.39, 0.29) is 5.75 Å². The number of phenolic OH excluding ortho intramolecular Hbond substituents is 1. The van der Waals surface area contributed by atoms with Crippen LogP contribution < -0.4 is 5.32 Å². The number of hydrogen-bond acceptors (Lipinski definition) is 3. The van der Waals surface area contributed by atoms with E-state index in [4.69, 9.17) is 0 Å². The van der Waals surface area contributed by atoms with Gasteiger partial charge in [0.05, 0.1) is 0 Å². The first-order valence-corrected chi connectivity index (χ1v) is 6.79. The van der Waals surface area contributed by atoms with E-state index in [0.717, 1.165) is 5.69 Å². The molecule has 0 bridgehead atoms.